The number of aliphatic carboxylic acids is 1. The summed E-state index contributed by atoms with van der Waals surface area (Å²) in [6, 6.07) is 16.8. The van der Waals surface area contributed by atoms with E-state index in [1.165, 1.54) is 0 Å². The van der Waals surface area contributed by atoms with Gasteiger partial charge in [-0.15, -0.1) is 0 Å². The minimum Gasteiger partial charge on any atom is -0.481 e. The first-order valence-electron chi connectivity index (χ1n) is 12.9. The van der Waals surface area contributed by atoms with Crippen LogP contribution in [0.25, 0.3) is 0 Å². The Balaban J connectivity index is 2.00. The molecule has 1 heterocycles. The zero-order valence-electron chi connectivity index (χ0n) is 22.3. The number of halogens is 1. The third-order valence-corrected chi connectivity index (χ3v) is 7.16. The Morgan fingerprint density at radius 1 is 1.08 bits per heavy atom. The molecule has 10 heteroatoms. The van der Waals surface area contributed by atoms with Crippen LogP contribution in [0, 0.1) is 5.92 Å². The predicted octanol–water partition coefficient (Wildman–Crippen LogP) is 4.14. The average molecular weight is 601 g/mol. The number of ketones is 1. The quantitative estimate of drug-likeness (QED) is 0.333. The number of hydrogen-bond acceptors (Lipinski definition) is 6. The molecule has 2 amide bonds. The van der Waals surface area contributed by atoms with E-state index in [-0.39, 0.29) is 36.4 Å². The van der Waals surface area contributed by atoms with Gasteiger partial charge in [-0.05, 0) is 23.6 Å². The number of anilines is 1. The molecule has 0 aromatic heterocycles. The van der Waals surface area contributed by atoms with Crippen molar-refractivity contribution < 1.29 is 29.1 Å². The first kappa shape index (κ1) is 30.0. The zero-order chi connectivity index (χ0) is 28.6. The van der Waals surface area contributed by atoms with Gasteiger partial charge < -0.3 is 20.2 Å². The van der Waals surface area contributed by atoms with Crippen LogP contribution in [0.3, 0.4) is 0 Å². The van der Waals surface area contributed by atoms with Crippen LogP contribution in [0.15, 0.2) is 65.8 Å². The Labute approximate surface area is 236 Å². The number of amides is 2. The van der Waals surface area contributed by atoms with Crippen LogP contribution in [0.1, 0.15) is 45.6 Å². The molecule has 0 saturated heterocycles. The zero-order valence-corrected chi connectivity index (χ0v) is 23.9. The summed E-state index contributed by atoms with van der Waals surface area (Å²) in [6.45, 7) is 5.74. The number of rotatable bonds is 13. The first-order chi connectivity index (χ1) is 18.6. The normalized spacial score (nSPS) is 18.0. The summed E-state index contributed by atoms with van der Waals surface area (Å²) in [5, 5.41) is 16.2. The number of carbonyl (C=O) groups is 4. The Hall–Kier alpha value is -3.53. The Kier molecular flexibility index (Phi) is 10.4. The standard InChI is InChI=1S/C29H34BrN3O6/c1-4-25(35)33(21-13-9-6-10-14-21)27(19(2)3)23-17-29(39-32-23,16-20-11-7-5-8-12-20)28(38)31-22(15-26(36)37)24(34)18-30/h5-14,19,22,27H,4,15-18H2,1-3H3,(H,31,38)(H,36,37)/t22-,27-,29?/m0/s1. The monoisotopic (exact) mass is 599 g/mol. The summed E-state index contributed by atoms with van der Waals surface area (Å²) in [7, 11) is 0. The third kappa shape index (κ3) is 7.32. The van der Waals surface area contributed by atoms with Crippen LogP contribution in [-0.2, 0) is 30.4 Å². The number of benzene rings is 2. The molecule has 2 aromatic rings. The van der Waals surface area contributed by atoms with E-state index >= 15 is 0 Å². The summed E-state index contributed by atoms with van der Waals surface area (Å²) < 4.78 is 0. The number of nitrogens with zero attached hydrogens (tertiary/aromatic N) is 2. The van der Waals surface area contributed by atoms with Crippen molar-refractivity contribution >= 4 is 50.9 Å². The van der Waals surface area contributed by atoms with Crippen molar-refractivity contribution in [3.63, 3.8) is 0 Å². The van der Waals surface area contributed by atoms with Crippen LogP contribution >= 0.6 is 15.9 Å². The molecule has 3 atom stereocenters. The molecule has 39 heavy (non-hydrogen) atoms. The van der Waals surface area contributed by atoms with Crippen LogP contribution in [-0.4, -0.2) is 57.4 Å². The van der Waals surface area contributed by atoms with E-state index in [0.717, 1.165) is 5.56 Å². The maximum Gasteiger partial charge on any atom is 0.305 e. The predicted molar refractivity (Wildman–Crippen MR) is 152 cm³/mol. The molecule has 1 aliphatic heterocycles. The molecule has 0 fully saturated rings. The highest BCUT2D eigenvalue weighted by molar-refractivity contribution is 9.09. The van der Waals surface area contributed by atoms with Crippen molar-refractivity contribution in [2.24, 2.45) is 11.1 Å². The Bertz CT molecular complexity index is 1200. The highest BCUT2D eigenvalue weighted by atomic mass is 79.9. The molecule has 9 nitrogen and oxygen atoms in total. The van der Waals surface area contributed by atoms with Gasteiger partial charge in [0.15, 0.2) is 5.78 Å². The van der Waals surface area contributed by atoms with Crippen molar-refractivity contribution in [2.75, 3.05) is 10.2 Å². The fraction of sp³-hybridized carbons (Fsp3) is 0.414. The summed E-state index contributed by atoms with van der Waals surface area (Å²) >= 11 is 3.06. The molecule has 2 aromatic carbocycles. The van der Waals surface area contributed by atoms with Crippen molar-refractivity contribution in [1.29, 1.82) is 0 Å². The fourth-order valence-corrected chi connectivity index (χ4v) is 5.13. The summed E-state index contributed by atoms with van der Waals surface area (Å²) in [6.07, 6.45) is -0.105. The summed E-state index contributed by atoms with van der Waals surface area (Å²) in [4.78, 5) is 58.5. The second-order valence-corrected chi connectivity index (χ2v) is 10.4. The molecule has 2 N–H and O–H groups in total. The van der Waals surface area contributed by atoms with Crippen LogP contribution in [0.2, 0.25) is 0 Å². The van der Waals surface area contributed by atoms with Gasteiger partial charge >= 0.3 is 5.97 Å². The molecule has 1 aliphatic rings. The first-order valence-corrected chi connectivity index (χ1v) is 14.0. The lowest BCUT2D eigenvalue weighted by Gasteiger charge is -2.35. The fourth-order valence-electron chi connectivity index (χ4n) is 4.74. The van der Waals surface area contributed by atoms with E-state index < -0.39 is 41.8 Å². The number of carboxylic acids is 1. The Morgan fingerprint density at radius 2 is 1.69 bits per heavy atom. The van der Waals surface area contributed by atoms with Gasteiger partial charge in [0.05, 0.1) is 29.5 Å². The second-order valence-electron chi connectivity index (χ2n) is 9.87. The molecular weight excluding hydrogens is 566 g/mol. The van der Waals surface area contributed by atoms with Crippen molar-refractivity contribution in [2.45, 2.75) is 64.1 Å². The van der Waals surface area contributed by atoms with Crippen LogP contribution < -0.4 is 10.2 Å². The third-order valence-electron chi connectivity index (χ3n) is 6.61. The van der Waals surface area contributed by atoms with Gasteiger partial charge in [0.25, 0.3) is 5.91 Å². The summed E-state index contributed by atoms with van der Waals surface area (Å²) in [5.41, 5.74) is 0.491. The van der Waals surface area contributed by atoms with Crippen LogP contribution in [0.4, 0.5) is 5.69 Å². The van der Waals surface area contributed by atoms with E-state index in [0.29, 0.717) is 11.4 Å². The topological polar surface area (TPSA) is 125 Å². The van der Waals surface area contributed by atoms with Gasteiger partial charge in [0.2, 0.25) is 11.5 Å². The van der Waals surface area contributed by atoms with E-state index in [1.807, 2.05) is 74.5 Å². The van der Waals surface area contributed by atoms with Gasteiger partial charge in [-0.25, -0.2) is 0 Å². The molecule has 0 aliphatic carbocycles. The lowest BCUT2D eigenvalue weighted by atomic mass is 9.84. The molecule has 0 spiro atoms. The Morgan fingerprint density at radius 3 is 2.23 bits per heavy atom. The second kappa shape index (κ2) is 13.5. The minimum absolute atomic E-state index is 0.0548. The van der Waals surface area contributed by atoms with E-state index in [4.69, 9.17) is 4.84 Å². The number of para-hydroxylation sites is 1. The van der Waals surface area contributed by atoms with Crippen molar-refractivity contribution in [3.8, 4) is 0 Å². The molecular formula is C29H34BrN3O6. The van der Waals surface area contributed by atoms with E-state index in [9.17, 15) is 24.3 Å². The maximum atomic E-state index is 13.8. The average Bonchev–Trinajstić information content (AvgIpc) is 3.35. The van der Waals surface area contributed by atoms with Gasteiger partial charge in [-0.3, -0.25) is 19.2 Å². The maximum absolute atomic E-state index is 13.8. The molecule has 3 rings (SSSR count). The lowest BCUT2D eigenvalue weighted by molar-refractivity contribution is -0.147. The number of hydrogen-bond donors (Lipinski definition) is 2. The largest absolute Gasteiger partial charge is 0.481 e. The van der Waals surface area contributed by atoms with Gasteiger partial charge in [0.1, 0.15) is 0 Å². The smallest absolute Gasteiger partial charge is 0.305 e. The SMILES string of the molecule is CCC(=O)N(c1ccccc1)[C@H](C1=NOC(Cc2ccccc2)(C(=O)N[C@@H](CC(=O)O)C(=O)CBr)C1)C(C)C. The number of alkyl halides is 1. The number of Topliss-reactive ketones (excluding diaryl/α,β-unsaturated/α-hetero) is 1. The molecule has 0 bridgehead atoms. The number of carbonyl (C=O) groups excluding carboxylic acids is 3. The number of oxime groups is 1. The van der Waals surface area contributed by atoms with Gasteiger partial charge in [0, 0.05) is 24.9 Å². The van der Waals surface area contributed by atoms with Crippen molar-refractivity contribution in [3.05, 3.63) is 66.2 Å². The number of nitrogens with one attached hydrogen (secondary N) is 1. The van der Waals surface area contributed by atoms with Crippen LogP contribution in [0.5, 0.6) is 0 Å². The van der Waals surface area contributed by atoms with E-state index in [1.54, 1.807) is 11.8 Å². The van der Waals surface area contributed by atoms with Gasteiger partial charge in [-0.1, -0.05) is 90.4 Å². The highest BCUT2D eigenvalue weighted by Gasteiger charge is 2.50. The molecule has 1 unspecified atom stereocenters. The summed E-state index contributed by atoms with van der Waals surface area (Å²) in [5.74, 6) is -2.50. The van der Waals surface area contributed by atoms with Crippen molar-refractivity contribution in [1.82, 2.24) is 5.32 Å². The number of carboxylic acid groups (broad SMARTS) is 1. The van der Waals surface area contributed by atoms with Gasteiger partial charge in [-0.2, -0.15) is 0 Å². The molecule has 0 radical (unpaired) electrons. The highest BCUT2D eigenvalue weighted by Crippen LogP contribution is 2.34. The molecule has 208 valence electrons. The molecule has 0 saturated carbocycles. The minimum atomic E-state index is -1.54. The lowest BCUT2D eigenvalue weighted by Crippen LogP contribution is -2.55. The van der Waals surface area contributed by atoms with E-state index in [2.05, 4.69) is 26.4 Å².